The van der Waals surface area contributed by atoms with Crippen LogP contribution in [0.4, 0.5) is 5.69 Å². The fourth-order valence-electron chi connectivity index (χ4n) is 2.23. The van der Waals surface area contributed by atoms with Gasteiger partial charge in [0, 0.05) is 11.3 Å². The van der Waals surface area contributed by atoms with Crippen LogP contribution in [-0.4, -0.2) is 26.1 Å². The third-order valence-electron chi connectivity index (χ3n) is 3.72. The Balaban J connectivity index is 1.74. The van der Waals surface area contributed by atoms with Gasteiger partial charge in [-0.3, -0.25) is 4.79 Å². The maximum absolute atomic E-state index is 12.4. The molecule has 1 N–H and O–H groups in total. The van der Waals surface area contributed by atoms with Gasteiger partial charge in [0.2, 0.25) is 5.82 Å². The third-order valence-corrected chi connectivity index (χ3v) is 3.72. The van der Waals surface area contributed by atoms with Gasteiger partial charge in [0.05, 0.1) is 11.6 Å². The van der Waals surface area contributed by atoms with Crippen molar-refractivity contribution in [3.8, 4) is 17.5 Å². The molecule has 0 aliphatic heterocycles. The number of aromatic nitrogens is 4. The maximum Gasteiger partial charge on any atom is 0.250 e. The molecule has 0 saturated heterocycles. The average molecular weight is 332 g/mol. The van der Waals surface area contributed by atoms with E-state index < -0.39 is 6.04 Å². The van der Waals surface area contributed by atoms with Crippen LogP contribution in [0.25, 0.3) is 11.4 Å². The molecule has 124 valence electrons. The number of aryl methyl sites for hydroxylation is 1. The molecular formula is C18H16N6O. The molecule has 25 heavy (non-hydrogen) atoms. The number of nitrogens with zero attached hydrogens (tertiary/aromatic N) is 5. The topological polar surface area (TPSA) is 96.5 Å². The Bertz CT molecular complexity index is 939. The third kappa shape index (κ3) is 3.70. The lowest BCUT2D eigenvalue weighted by molar-refractivity contribution is -0.119. The number of amides is 1. The monoisotopic (exact) mass is 332 g/mol. The Morgan fingerprint density at radius 3 is 2.72 bits per heavy atom. The Morgan fingerprint density at radius 1 is 1.24 bits per heavy atom. The number of hydrogen-bond acceptors (Lipinski definition) is 5. The lowest BCUT2D eigenvalue weighted by Gasteiger charge is -2.10. The lowest BCUT2D eigenvalue weighted by Crippen LogP contribution is -2.25. The van der Waals surface area contributed by atoms with Crippen molar-refractivity contribution in [3.05, 3.63) is 59.7 Å². The molecule has 1 heterocycles. The molecule has 0 unspecified atom stereocenters. The van der Waals surface area contributed by atoms with Crippen LogP contribution >= 0.6 is 0 Å². The number of tetrazole rings is 1. The molecule has 1 aromatic heterocycles. The number of benzene rings is 2. The van der Waals surface area contributed by atoms with Gasteiger partial charge >= 0.3 is 0 Å². The van der Waals surface area contributed by atoms with Crippen molar-refractivity contribution in [1.29, 1.82) is 5.26 Å². The molecule has 7 nitrogen and oxygen atoms in total. The summed E-state index contributed by atoms with van der Waals surface area (Å²) in [6, 6.07) is 15.9. The summed E-state index contributed by atoms with van der Waals surface area (Å²) in [5.41, 5.74) is 3.01. The van der Waals surface area contributed by atoms with E-state index in [0.717, 1.165) is 11.1 Å². The summed E-state index contributed by atoms with van der Waals surface area (Å²) in [5, 5.41) is 23.9. The van der Waals surface area contributed by atoms with E-state index in [-0.39, 0.29) is 5.91 Å². The molecule has 0 fully saturated rings. The summed E-state index contributed by atoms with van der Waals surface area (Å²) in [6.07, 6.45) is 0. The van der Waals surface area contributed by atoms with Gasteiger partial charge in [0.25, 0.3) is 5.91 Å². The zero-order valence-corrected chi connectivity index (χ0v) is 13.8. The minimum absolute atomic E-state index is 0.289. The first-order valence-corrected chi connectivity index (χ1v) is 7.74. The van der Waals surface area contributed by atoms with E-state index in [0.29, 0.717) is 17.1 Å². The zero-order valence-electron chi connectivity index (χ0n) is 13.8. The van der Waals surface area contributed by atoms with E-state index in [1.54, 1.807) is 31.2 Å². The SMILES string of the molecule is Cc1ccc(-c2nnn([C@H](C)C(=O)Nc3cccc(C#N)c3)n2)cc1. The smallest absolute Gasteiger partial charge is 0.250 e. The normalized spacial score (nSPS) is 11.6. The highest BCUT2D eigenvalue weighted by Gasteiger charge is 2.19. The van der Waals surface area contributed by atoms with Crippen molar-refractivity contribution in [2.75, 3.05) is 5.32 Å². The fraction of sp³-hybridized carbons (Fsp3) is 0.167. The minimum atomic E-state index is -0.641. The van der Waals surface area contributed by atoms with E-state index in [1.165, 1.54) is 4.80 Å². The second-order valence-corrected chi connectivity index (χ2v) is 5.66. The molecule has 0 saturated carbocycles. The van der Waals surface area contributed by atoms with Crippen molar-refractivity contribution in [1.82, 2.24) is 20.2 Å². The van der Waals surface area contributed by atoms with Gasteiger partial charge in [-0.2, -0.15) is 10.1 Å². The van der Waals surface area contributed by atoms with E-state index in [1.807, 2.05) is 37.3 Å². The highest BCUT2D eigenvalue weighted by molar-refractivity contribution is 5.93. The molecule has 0 radical (unpaired) electrons. The van der Waals surface area contributed by atoms with Crippen LogP contribution < -0.4 is 5.32 Å². The van der Waals surface area contributed by atoms with Crippen molar-refractivity contribution >= 4 is 11.6 Å². The number of carbonyl (C=O) groups is 1. The number of carbonyl (C=O) groups excluding carboxylic acids is 1. The van der Waals surface area contributed by atoms with Crippen molar-refractivity contribution in [2.45, 2.75) is 19.9 Å². The molecule has 1 atom stereocenters. The molecule has 3 aromatic rings. The Labute approximate surface area is 144 Å². The maximum atomic E-state index is 12.4. The van der Waals surface area contributed by atoms with E-state index in [2.05, 4.69) is 20.7 Å². The largest absolute Gasteiger partial charge is 0.324 e. The molecule has 0 aliphatic carbocycles. The molecular weight excluding hydrogens is 316 g/mol. The summed E-state index contributed by atoms with van der Waals surface area (Å²) in [5.74, 6) is 0.175. The number of rotatable bonds is 4. The van der Waals surface area contributed by atoms with E-state index in [4.69, 9.17) is 5.26 Å². The molecule has 0 spiro atoms. The van der Waals surface area contributed by atoms with Crippen LogP contribution in [0.5, 0.6) is 0 Å². The Morgan fingerprint density at radius 2 is 2.00 bits per heavy atom. The molecule has 3 rings (SSSR count). The van der Waals surface area contributed by atoms with Gasteiger partial charge in [-0.05, 0) is 37.3 Å². The molecule has 7 heteroatoms. The summed E-state index contributed by atoms with van der Waals surface area (Å²) in [4.78, 5) is 13.7. The number of hydrogen-bond donors (Lipinski definition) is 1. The fourth-order valence-corrected chi connectivity index (χ4v) is 2.23. The minimum Gasteiger partial charge on any atom is -0.324 e. The molecule has 1 amide bonds. The summed E-state index contributed by atoms with van der Waals surface area (Å²) >= 11 is 0. The van der Waals surface area contributed by atoms with Gasteiger partial charge in [-0.15, -0.1) is 10.2 Å². The van der Waals surface area contributed by atoms with E-state index >= 15 is 0 Å². The van der Waals surface area contributed by atoms with Crippen LogP contribution in [0, 0.1) is 18.3 Å². The van der Waals surface area contributed by atoms with Gasteiger partial charge in [-0.25, -0.2) is 0 Å². The lowest BCUT2D eigenvalue weighted by atomic mass is 10.1. The highest BCUT2D eigenvalue weighted by atomic mass is 16.2. The quantitative estimate of drug-likeness (QED) is 0.792. The standard InChI is InChI=1S/C18H16N6O/c1-12-6-8-15(9-7-12)17-21-23-24(22-17)13(2)18(25)20-16-5-3-4-14(10-16)11-19/h3-10,13H,1-2H3,(H,20,25)/t13-/m1/s1. The first kappa shape index (κ1) is 16.3. The Kier molecular flexibility index (Phi) is 4.53. The number of nitrogens with one attached hydrogen (secondary N) is 1. The van der Waals surface area contributed by atoms with Crippen molar-refractivity contribution in [2.24, 2.45) is 0 Å². The van der Waals surface area contributed by atoms with Gasteiger partial charge in [-0.1, -0.05) is 35.9 Å². The summed E-state index contributed by atoms with van der Waals surface area (Å²) in [7, 11) is 0. The summed E-state index contributed by atoms with van der Waals surface area (Å²) < 4.78 is 0. The second kappa shape index (κ2) is 6.93. The highest BCUT2D eigenvalue weighted by Crippen LogP contribution is 2.16. The van der Waals surface area contributed by atoms with Crippen LogP contribution in [0.15, 0.2) is 48.5 Å². The van der Waals surface area contributed by atoms with E-state index in [9.17, 15) is 4.79 Å². The van der Waals surface area contributed by atoms with Crippen LogP contribution in [0.3, 0.4) is 0 Å². The van der Waals surface area contributed by atoms with Gasteiger partial charge in [0.15, 0.2) is 0 Å². The van der Waals surface area contributed by atoms with Gasteiger partial charge < -0.3 is 5.32 Å². The number of nitriles is 1. The second-order valence-electron chi connectivity index (χ2n) is 5.66. The average Bonchev–Trinajstić information content (AvgIpc) is 3.12. The predicted molar refractivity (Wildman–Crippen MR) is 92.5 cm³/mol. The zero-order chi connectivity index (χ0) is 17.8. The first-order chi connectivity index (χ1) is 12.1. The number of anilines is 1. The predicted octanol–water partition coefficient (Wildman–Crippen LogP) is 2.72. The van der Waals surface area contributed by atoms with Crippen LogP contribution in [-0.2, 0) is 4.79 Å². The van der Waals surface area contributed by atoms with Gasteiger partial charge in [0.1, 0.15) is 6.04 Å². The van der Waals surface area contributed by atoms with Crippen molar-refractivity contribution in [3.63, 3.8) is 0 Å². The summed E-state index contributed by atoms with van der Waals surface area (Å²) in [6.45, 7) is 3.69. The molecule has 0 aliphatic rings. The molecule has 2 aromatic carbocycles. The first-order valence-electron chi connectivity index (χ1n) is 7.74. The Hall–Kier alpha value is -3.53. The van der Waals surface area contributed by atoms with Crippen LogP contribution in [0.1, 0.15) is 24.1 Å². The van der Waals surface area contributed by atoms with Crippen LogP contribution in [0.2, 0.25) is 0 Å². The molecule has 0 bridgehead atoms. The van der Waals surface area contributed by atoms with Crippen molar-refractivity contribution < 1.29 is 4.79 Å².